The second-order valence-electron chi connectivity index (χ2n) is 7.08. The zero-order valence-corrected chi connectivity index (χ0v) is 14.5. The van der Waals surface area contributed by atoms with Crippen LogP contribution in [-0.4, -0.2) is 44.6 Å². The predicted octanol–water partition coefficient (Wildman–Crippen LogP) is 1.41. The van der Waals surface area contributed by atoms with Crippen LogP contribution in [0.1, 0.15) is 19.3 Å². The Kier molecular flexibility index (Phi) is 4.72. The number of hydrogen-bond donors (Lipinski definition) is 3. The molecule has 0 aliphatic carbocycles. The molecule has 0 amide bonds. The van der Waals surface area contributed by atoms with Crippen LogP contribution in [0.5, 0.6) is 0 Å². The molecule has 6 heteroatoms. The molecule has 2 aromatic carbocycles. The number of fused-ring (bicyclic) bond motifs is 2. The van der Waals surface area contributed by atoms with Crippen LogP contribution in [0.15, 0.2) is 47.5 Å². The number of nitrogens with one attached hydrogen (secondary N) is 1. The van der Waals surface area contributed by atoms with Gasteiger partial charge in [0.1, 0.15) is 0 Å². The SMILES string of the molecule is O=c1c2cc3ccccc3cc2ncn1C[C@@H](O)C[C@H]1NCCC[C@@H]1O. The molecule has 136 valence electrons. The van der Waals surface area contributed by atoms with E-state index in [4.69, 9.17) is 0 Å². The molecule has 3 N–H and O–H groups in total. The van der Waals surface area contributed by atoms with Crippen molar-refractivity contribution in [1.82, 2.24) is 14.9 Å². The van der Waals surface area contributed by atoms with Crippen LogP contribution < -0.4 is 10.9 Å². The first-order valence-corrected chi connectivity index (χ1v) is 9.09. The molecule has 1 aliphatic heterocycles. The van der Waals surface area contributed by atoms with Gasteiger partial charge in [0.15, 0.2) is 0 Å². The van der Waals surface area contributed by atoms with Crippen LogP contribution in [0.3, 0.4) is 0 Å². The van der Waals surface area contributed by atoms with Crippen LogP contribution in [0.4, 0.5) is 0 Å². The topological polar surface area (TPSA) is 87.4 Å². The molecule has 2 heterocycles. The predicted molar refractivity (Wildman–Crippen MR) is 101 cm³/mol. The summed E-state index contributed by atoms with van der Waals surface area (Å²) in [5.74, 6) is 0. The van der Waals surface area contributed by atoms with Crippen molar-refractivity contribution in [3.63, 3.8) is 0 Å². The molecule has 0 saturated carbocycles. The third kappa shape index (κ3) is 3.35. The monoisotopic (exact) mass is 353 g/mol. The van der Waals surface area contributed by atoms with Gasteiger partial charge in [0, 0.05) is 6.04 Å². The number of nitrogens with zero attached hydrogens (tertiary/aromatic N) is 2. The fourth-order valence-corrected chi connectivity index (χ4v) is 3.75. The van der Waals surface area contributed by atoms with Crippen molar-refractivity contribution in [2.45, 2.75) is 44.1 Å². The summed E-state index contributed by atoms with van der Waals surface area (Å²) in [6.07, 6.45) is 2.41. The number of aliphatic hydroxyl groups excluding tert-OH is 2. The van der Waals surface area contributed by atoms with E-state index in [1.54, 1.807) is 0 Å². The van der Waals surface area contributed by atoms with E-state index < -0.39 is 12.2 Å². The highest BCUT2D eigenvalue weighted by Crippen LogP contribution is 2.19. The molecule has 1 saturated heterocycles. The minimum atomic E-state index is -0.724. The lowest BCUT2D eigenvalue weighted by atomic mass is 9.96. The van der Waals surface area contributed by atoms with Crippen molar-refractivity contribution in [3.8, 4) is 0 Å². The van der Waals surface area contributed by atoms with Gasteiger partial charge in [-0.3, -0.25) is 9.36 Å². The van der Waals surface area contributed by atoms with Gasteiger partial charge in [0.2, 0.25) is 0 Å². The van der Waals surface area contributed by atoms with Crippen molar-refractivity contribution < 1.29 is 10.2 Å². The maximum atomic E-state index is 12.8. The van der Waals surface area contributed by atoms with E-state index >= 15 is 0 Å². The first-order valence-electron chi connectivity index (χ1n) is 9.09. The highest BCUT2D eigenvalue weighted by molar-refractivity contribution is 5.95. The second-order valence-corrected chi connectivity index (χ2v) is 7.08. The molecule has 3 atom stereocenters. The van der Waals surface area contributed by atoms with E-state index in [1.165, 1.54) is 10.9 Å². The Balaban J connectivity index is 1.59. The Morgan fingerprint density at radius 3 is 2.81 bits per heavy atom. The maximum Gasteiger partial charge on any atom is 0.261 e. The summed E-state index contributed by atoms with van der Waals surface area (Å²) in [4.78, 5) is 17.2. The smallest absolute Gasteiger partial charge is 0.261 e. The Bertz CT molecular complexity index is 985. The average Bonchev–Trinajstić information content (AvgIpc) is 2.65. The fourth-order valence-electron chi connectivity index (χ4n) is 3.75. The van der Waals surface area contributed by atoms with E-state index in [-0.39, 0.29) is 18.1 Å². The molecule has 3 aromatic rings. The minimum Gasteiger partial charge on any atom is -0.392 e. The molecular weight excluding hydrogens is 330 g/mol. The van der Waals surface area contributed by atoms with Gasteiger partial charge in [0.05, 0.1) is 36.0 Å². The molecule has 4 rings (SSSR count). The van der Waals surface area contributed by atoms with Gasteiger partial charge in [0.25, 0.3) is 5.56 Å². The summed E-state index contributed by atoms with van der Waals surface area (Å²) < 4.78 is 1.46. The summed E-state index contributed by atoms with van der Waals surface area (Å²) in [6, 6.07) is 11.5. The Morgan fingerprint density at radius 1 is 1.27 bits per heavy atom. The van der Waals surface area contributed by atoms with Gasteiger partial charge >= 0.3 is 0 Å². The summed E-state index contributed by atoms with van der Waals surface area (Å²) in [7, 11) is 0. The molecule has 1 aliphatic rings. The normalized spacial score (nSPS) is 21.9. The quantitative estimate of drug-likeness (QED) is 0.618. The molecule has 1 fully saturated rings. The number of benzene rings is 2. The van der Waals surface area contributed by atoms with Gasteiger partial charge in [-0.2, -0.15) is 0 Å². The van der Waals surface area contributed by atoms with Crippen molar-refractivity contribution in [2.24, 2.45) is 0 Å². The zero-order valence-electron chi connectivity index (χ0n) is 14.5. The highest BCUT2D eigenvalue weighted by atomic mass is 16.3. The largest absolute Gasteiger partial charge is 0.392 e. The summed E-state index contributed by atoms with van der Waals surface area (Å²) in [5.41, 5.74) is 0.501. The molecule has 0 unspecified atom stereocenters. The Labute approximate surface area is 151 Å². The lowest BCUT2D eigenvalue weighted by molar-refractivity contribution is 0.0539. The molecule has 0 radical (unpaired) electrons. The molecule has 1 aromatic heterocycles. The van der Waals surface area contributed by atoms with Crippen LogP contribution in [0.25, 0.3) is 21.7 Å². The molecule has 26 heavy (non-hydrogen) atoms. The number of aromatic nitrogens is 2. The van der Waals surface area contributed by atoms with E-state index in [9.17, 15) is 15.0 Å². The van der Waals surface area contributed by atoms with Crippen LogP contribution in [0.2, 0.25) is 0 Å². The van der Waals surface area contributed by atoms with E-state index in [0.29, 0.717) is 17.3 Å². The third-order valence-corrected chi connectivity index (χ3v) is 5.17. The average molecular weight is 353 g/mol. The molecule has 6 nitrogen and oxygen atoms in total. The second kappa shape index (κ2) is 7.15. The van der Waals surface area contributed by atoms with Gasteiger partial charge in [-0.15, -0.1) is 0 Å². The lowest BCUT2D eigenvalue weighted by Crippen LogP contribution is -2.47. The molecule has 0 spiro atoms. The molecule has 0 bridgehead atoms. The van der Waals surface area contributed by atoms with Gasteiger partial charge in [-0.25, -0.2) is 4.98 Å². The van der Waals surface area contributed by atoms with Crippen molar-refractivity contribution in [1.29, 1.82) is 0 Å². The standard InChI is InChI=1S/C20H23N3O3/c24-15(10-18-19(25)6-3-7-21-18)11-23-12-22-17-9-14-5-2-1-4-13(14)8-16(17)20(23)26/h1-2,4-5,8-9,12,15,18-19,21,24-25H,3,6-7,10-11H2/t15-,18+,19-/m0/s1. The Morgan fingerprint density at radius 2 is 2.04 bits per heavy atom. The maximum absolute atomic E-state index is 12.8. The number of rotatable bonds is 4. The van der Waals surface area contributed by atoms with Crippen LogP contribution in [0, 0.1) is 0 Å². The first-order chi connectivity index (χ1) is 12.6. The summed E-state index contributed by atoms with van der Waals surface area (Å²) in [6.45, 7) is 1.01. The highest BCUT2D eigenvalue weighted by Gasteiger charge is 2.25. The van der Waals surface area contributed by atoms with Gasteiger partial charge in [-0.05, 0) is 48.7 Å². The van der Waals surface area contributed by atoms with Crippen molar-refractivity contribution in [2.75, 3.05) is 6.54 Å². The van der Waals surface area contributed by atoms with Crippen LogP contribution >= 0.6 is 0 Å². The van der Waals surface area contributed by atoms with Crippen LogP contribution in [-0.2, 0) is 6.54 Å². The number of aliphatic hydroxyl groups is 2. The van der Waals surface area contributed by atoms with Crippen molar-refractivity contribution >= 4 is 21.7 Å². The minimum absolute atomic E-state index is 0.133. The third-order valence-electron chi connectivity index (χ3n) is 5.17. The zero-order chi connectivity index (χ0) is 18.1. The number of piperidine rings is 1. The summed E-state index contributed by atoms with van der Waals surface area (Å²) >= 11 is 0. The van der Waals surface area contributed by atoms with E-state index in [0.717, 1.165) is 30.2 Å². The fraction of sp³-hybridized carbons (Fsp3) is 0.400. The Hall–Kier alpha value is -2.28. The lowest BCUT2D eigenvalue weighted by Gasteiger charge is -2.30. The van der Waals surface area contributed by atoms with E-state index in [2.05, 4.69) is 10.3 Å². The molecular formula is C20H23N3O3. The first kappa shape index (κ1) is 17.1. The van der Waals surface area contributed by atoms with Gasteiger partial charge in [-0.1, -0.05) is 24.3 Å². The number of hydrogen-bond acceptors (Lipinski definition) is 5. The van der Waals surface area contributed by atoms with Gasteiger partial charge < -0.3 is 15.5 Å². The van der Waals surface area contributed by atoms with E-state index in [1.807, 2.05) is 36.4 Å². The van der Waals surface area contributed by atoms with Crippen molar-refractivity contribution in [3.05, 3.63) is 53.1 Å². The summed E-state index contributed by atoms with van der Waals surface area (Å²) in [5, 5.41) is 26.3.